The molecule has 0 saturated heterocycles. The Labute approximate surface area is 122 Å². The second-order valence-electron chi connectivity index (χ2n) is 5.00. The molecule has 0 aliphatic carbocycles. The van der Waals surface area contributed by atoms with E-state index in [9.17, 15) is 9.59 Å². The summed E-state index contributed by atoms with van der Waals surface area (Å²) in [7, 11) is 1.72. The number of aryl methyl sites for hydroxylation is 1. The maximum atomic E-state index is 12.0. The van der Waals surface area contributed by atoms with Gasteiger partial charge in [0, 0.05) is 0 Å². The molecule has 0 saturated carbocycles. The topological polar surface area (TPSA) is 52.6 Å². The van der Waals surface area contributed by atoms with Crippen LogP contribution in [0.5, 0.6) is 0 Å². The Morgan fingerprint density at radius 2 is 1.70 bits per heavy atom. The number of rotatable bonds is 5. The van der Waals surface area contributed by atoms with E-state index in [1.807, 2.05) is 25.1 Å². The molecule has 0 spiro atoms. The minimum atomic E-state index is -0.981. The van der Waals surface area contributed by atoms with Crippen molar-refractivity contribution in [1.29, 1.82) is 0 Å². The van der Waals surface area contributed by atoms with Crippen LogP contribution in [0, 0.1) is 19.8 Å². The summed E-state index contributed by atoms with van der Waals surface area (Å²) in [5.74, 6) is -1.16. The fourth-order valence-electron chi connectivity index (χ4n) is 2.24. The average Bonchev–Trinajstić information content (AvgIpc) is 2.46. The molecular formula is C15H22O4Si. The zero-order valence-corrected chi connectivity index (χ0v) is 14.1. The van der Waals surface area contributed by atoms with Crippen molar-refractivity contribution in [2.24, 2.45) is 5.92 Å². The first-order valence-electron chi connectivity index (χ1n) is 6.63. The van der Waals surface area contributed by atoms with Gasteiger partial charge in [-0.1, -0.05) is 30.3 Å². The second-order valence-corrected chi connectivity index (χ2v) is 7.05. The zero-order valence-electron chi connectivity index (χ0n) is 12.7. The molecule has 0 fully saturated rings. The number of carbonyl (C=O) groups excluding carboxylic acids is 2. The van der Waals surface area contributed by atoms with Crippen molar-refractivity contribution in [1.82, 2.24) is 0 Å². The summed E-state index contributed by atoms with van der Waals surface area (Å²) < 4.78 is 9.61. The molecule has 0 radical (unpaired) electrons. The summed E-state index contributed by atoms with van der Waals surface area (Å²) in [6.45, 7) is 5.82. The van der Waals surface area contributed by atoms with Gasteiger partial charge in [-0.05, 0) is 25.0 Å². The van der Waals surface area contributed by atoms with Crippen LogP contribution in [0.15, 0.2) is 18.2 Å². The van der Waals surface area contributed by atoms with Crippen LogP contribution in [0.2, 0.25) is 5.54 Å². The highest BCUT2D eigenvalue weighted by Gasteiger charge is 2.32. The van der Waals surface area contributed by atoms with Gasteiger partial charge in [-0.25, -0.2) is 0 Å². The number of hydrogen-bond acceptors (Lipinski definition) is 4. The predicted octanol–water partition coefficient (Wildman–Crippen LogP) is 0.868. The highest BCUT2D eigenvalue weighted by molar-refractivity contribution is 6.59. The number of methoxy groups -OCH3 is 2. The van der Waals surface area contributed by atoms with Gasteiger partial charge >= 0.3 is 11.9 Å². The minimum absolute atomic E-state index is 0.324. The molecule has 110 valence electrons. The van der Waals surface area contributed by atoms with Crippen molar-refractivity contribution < 1.29 is 19.1 Å². The Balaban J connectivity index is 3.04. The fraction of sp³-hybridized carbons (Fsp3) is 0.467. The lowest BCUT2D eigenvalue weighted by Crippen LogP contribution is -2.35. The summed E-state index contributed by atoms with van der Waals surface area (Å²) in [6.07, 6.45) is 0. The standard InChI is InChI=1S/C15H22O4Si/c1-9-7-6-8-12(10(9)2)20-13(15(17)19-5)11(3)14(16)18-4/h6-8,11,13H,20H2,1-5H3. The van der Waals surface area contributed by atoms with E-state index in [1.165, 1.54) is 30.5 Å². The quantitative estimate of drug-likeness (QED) is 0.597. The summed E-state index contributed by atoms with van der Waals surface area (Å²) in [4.78, 5) is 23.7. The summed E-state index contributed by atoms with van der Waals surface area (Å²) in [5.41, 5.74) is 2.00. The molecule has 0 aliphatic heterocycles. The van der Waals surface area contributed by atoms with Gasteiger partial charge in [-0.15, -0.1) is 0 Å². The van der Waals surface area contributed by atoms with Crippen LogP contribution in [0.4, 0.5) is 0 Å². The van der Waals surface area contributed by atoms with Crippen molar-refractivity contribution in [3.63, 3.8) is 0 Å². The lowest BCUT2D eigenvalue weighted by molar-refractivity contribution is -0.151. The van der Waals surface area contributed by atoms with E-state index in [0.717, 1.165) is 0 Å². The van der Waals surface area contributed by atoms with Gasteiger partial charge in [0.2, 0.25) is 0 Å². The molecule has 0 aromatic heterocycles. The number of carbonyl (C=O) groups is 2. The van der Waals surface area contributed by atoms with Crippen LogP contribution in [0.25, 0.3) is 0 Å². The Hall–Kier alpha value is -1.62. The van der Waals surface area contributed by atoms with Crippen LogP contribution in [-0.2, 0) is 19.1 Å². The number of hydrogen-bond donors (Lipinski definition) is 0. The zero-order chi connectivity index (χ0) is 15.3. The molecule has 4 nitrogen and oxygen atoms in total. The van der Waals surface area contributed by atoms with Crippen LogP contribution in [-0.4, -0.2) is 35.7 Å². The third-order valence-corrected chi connectivity index (χ3v) is 6.52. The molecule has 2 unspecified atom stereocenters. The maximum absolute atomic E-state index is 12.0. The summed E-state index contributed by atoms with van der Waals surface area (Å²) in [6, 6.07) is 6.07. The summed E-state index contributed by atoms with van der Waals surface area (Å²) in [5, 5.41) is 1.19. The largest absolute Gasteiger partial charge is 0.469 e. The first-order chi connectivity index (χ1) is 9.42. The molecular weight excluding hydrogens is 272 g/mol. The van der Waals surface area contributed by atoms with Crippen LogP contribution < -0.4 is 5.19 Å². The van der Waals surface area contributed by atoms with E-state index in [0.29, 0.717) is 0 Å². The van der Waals surface area contributed by atoms with E-state index >= 15 is 0 Å². The van der Waals surface area contributed by atoms with Crippen LogP contribution in [0.1, 0.15) is 18.1 Å². The molecule has 1 aromatic carbocycles. The monoisotopic (exact) mass is 294 g/mol. The highest BCUT2D eigenvalue weighted by Crippen LogP contribution is 2.21. The van der Waals surface area contributed by atoms with Crippen molar-refractivity contribution in [2.45, 2.75) is 26.3 Å². The van der Waals surface area contributed by atoms with Crippen molar-refractivity contribution >= 4 is 26.6 Å². The number of esters is 2. The normalized spacial score (nSPS) is 14.1. The smallest absolute Gasteiger partial charge is 0.308 e. The van der Waals surface area contributed by atoms with Gasteiger partial charge in [-0.2, -0.15) is 0 Å². The minimum Gasteiger partial charge on any atom is -0.469 e. The van der Waals surface area contributed by atoms with Crippen LogP contribution >= 0.6 is 0 Å². The van der Waals surface area contributed by atoms with Crippen molar-refractivity contribution in [3.8, 4) is 0 Å². The van der Waals surface area contributed by atoms with Gasteiger partial charge < -0.3 is 9.47 Å². The van der Waals surface area contributed by atoms with E-state index in [1.54, 1.807) is 6.92 Å². The van der Waals surface area contributed by atoms with E-state index in [2.05, 4.69) is 6.92 Å². The van der Waals surface area contributed by atoms with Gasteiger partial charge in [0.25, 0.3) is 0 Å². The first kappa shape index (κ1) is 16.4. The Kier molecular flexibility index (Phi) is 5.95. The molecule has 0 bridgehead atoms. The Bertz CT molecular complexity index is 499. The third kappa shape index (κ3) is 3.69. The van der Waals surface area contributed by atoms with E-state index in [4.69, 9.17) is 9.47 Å². The highest BCUT2D eigenvalue weighted by atomic mass is 28.2. The molecule has 5 heteroatoms. The van der Waals surface area contributed by atoms with E-state index in [-0.39, 0.29) is 11.9 Å². The van der Waals surface area contributed by atoms with Gasteiger partial charge in [0.15, 0.2) is 0 Å². The molecule has 0 heterocycles. The summed E-state index contributed by atoms with van der Waals surface area (Å²) >= 11 is 0. The van der Waals surface area contributed by atoms with Gasteiger partial charge in [-0.3, -0.25) is 9.59 Å². The SMILES string of the molecule is COC(=O)C(C)C([SiH2]c1cccc(C)c1C)C(=O)OC. The fourth-order valence-corrected chi connectivity index (χ4v) is 4.45. The van der Waals surface area contributed by atoms with Gasteiger partial charge in [0.05, 0.1) is 35.2 Å². The molecule has 2 atom stereocenters. The molecule has 20 heavy (non-hydrogen) atoms. The van der Waals surface area contributed by atoms with Crippen LogP contribution in [0.3, 0.4) is 0 Å². The second kappa shape index (κ2) is 7.24. The molecule has 0 aliphatic rings. The van der Waals surface area contributed by atoms with Gasteiger partial charge in [0.1, 0.15) is 0 Å². The van der Waals surface area contributed by atoms with Crippen molar-refractivity contribution in [2.75, 3.05) is 14.2 Å². The Morgan fingerprint density at radius 1 is 1.10 bits per heavy atom. The lowest BCUT2D eigenvalue weighted by atomic mass is 10.1. The average molecular weight is 294 g/mol. The third-order valence-electron chi connectivity index (χ3n) is 3.84. The Morgan fingerprint density at radius 3 is 2.25 bits per heavy atom. The first-order valence-corrected chi connectivity index (χ1v) is 8.15. The molecule has 1 aromatic rings. The van der Waals surface area contributed by atoms with E-state index < -0.39 is 21.0 Å². The maximum Gasteiger partial charge on any atom is 0.308 e. The number of ether oxygens (including phenoxy) is 2. The molecule has 0 amide bonds. The number of benzene rings is 1. The predicted molar refractivity (Wildman–Crippen MR) is 81.0 cm³/mol. The molecule has 1 rings (SSSR count). The molecule has 0 N–H and O–H groups in total. The van der Waals surface area contributed by atoms with Crippen molar-refractivity contribution in [3.05, 3.63) is 29.3 Å². The lowest BCUT2D eigenvalue weighted by Gasteiger charge is -2.20.